The number of thiophene rings is 1. The van der Waals surface area contributed by atoms with E-state index < -0.39 is 10.0 Å². The summed E-state index contributed by atoms with van der Waals surface area (Å²) >= 11 is 1.65. The maximum absolute atomic E-state index is 12.0. The molecule has 1 aliphatic carbocycles. The Morgan fingerprint density at radius 2 is 1.95 bits per heavy atom. The van der Waals surface area contributed by atoms with Crippen molar-refractivity contribution in [2.24, 2.45) is 0 Å². The van der Waals surface area contributed by atoms with Crippen LogP contribution >= 0.6 is 11.3 Å². The average Bonchev–Trinajstić information content (AvgIpc) is 3.26. The third kappa shape index (κ3) is 2.70. The molecule has 2 fully saturated rings. The molecule has 2 aromatic heterocycles. The zero-order valence-corrected chi connectivity index (χ0v) is 13.7. The highest BCUT2D eigenvalue weighted by molar-refractivity contribution is 7.90. The summed E-state index contributed by atoms with van der Waals surface area (Å²) in [5.74, 6) is 0.975. The van der Waals surface area contributed by atoms with Crippen LogP contribution in [0.3, 0.4) is 0 Å². The first kappa shape index (κ1) is 14.3. The molecule has 118 valence electrons. The van der Waals surface area contributed by atoms with E-state index in [0.717, 1.165) is 54.8 Å². The quantitative estimate of drug-likeness (QED) is 0.919. The van der Waals surface area contributed by atoms with Crippen LogP contribution in [0, 0.1) is 0 Å². The highest BCUT2D eigenvalue weighted by Gasteiger charge is 2.37. The topological polar surface area (TPSA) is 75.2 Å². The SMILES string of the molecule is O=S(=O)(NC1CCN(c2ncnc3ccsc23)CC1)C1CC1. The number of fused-ring (bicyclic) bond motifs is 1. The minimum atomic E-state index is -3.09. The summed E-state index contributed by atoms with van der Waals surface area (Å²) in [7, 11) is -3.09. The van der Waals surface area contributed by atoms with Crippen molar-refractivity contribution in [3.63, 3.8) is 0 Å². The highest BCUT2D eigenvalue weighted by atomic mass is 32.2. The van der Waals surface area contributed by atoms with Crippen molar-refractivity contribution < 1.29 is 8.42 Å². The number of anilines is 1. The van der Waals surface area contributed by atoms with Crippen LogP contribution < -0.4 is 9.62 Å². The Morgan fingerprint density at radius 1 is 1.18 bits per heavy atom. The predicted molar refractivity (Wildman–Crippen MR) is 87.7 cm³/mol. The van der Waals surface area contributed by atoms with Crippen LogP contribution in [0.4, 0.5) is 5.82 Å². The summed E-state index contributed by atoms with van der Waals surface area (Å²) in [4.78, 5) is 10.9. The van der Waals surface area contributed by atoms with Crippen molar-refractivity contribution in [3.8, 4) is 0 Å². The van der Waals surface area contributed by atoms with Crippen molar-refractivity contribution in [2.75, 3.05) is 18.0 Å². The summed E-state index contributed by atoms with van der Waals surface area (Å²) in [6, 6.07) is 2.06. The summed E-state index contributed by atoms with van der Waals surface area (Å²) in [5, 5.41) is 1.89. The third-order valence-electron chi connectivity index (χ3n) is 4.31. The van der Waals surface area contributed by atoms with Gasteiger partial charge in [0.25, 0.3) is 0 Å². The number of aromatic nitrogens is 2. The Labute approximate surface area is 133 Å². The lowest BCUT2D eigenvalue weighted by atomic mass is 10.1. The van der Waals surface area contributed by atoms with Crippen LogP contribution in [0.5, 0.6) is 0 Å². The molecule has 0 bridgehead atoms. The van der Waals surface area contributed by atoms with E-state index in [1.165, 1.54) is 0 Å². The molecule has 0 spiro atoms. The number of piperidine rings is 1. The van der Waals surface area contributed by atoms with Crippen molar-refractivity contribution in [1.29, 1.82) is 0 Å². The van der Waals surface area contributed by atoms with Crippen LogP contribution in [0.2, 0.25) is 0 Å². The van der Waals surface area contributed by atoms with Crippen LogP contribution in [-0.4, -0.2) is 42.8 Å². The number of sulfonamides is 1. The number of hydrogen-bond donors (Lipinski definition) is 1. The van der Waals surface area contributed by atoms with Gasteiger partial charge in [-0.2, -0.15) is 0 Å². The molecule has 2 aromatic rings. The molecule has 4 rings (SSSR count). The smallest absolute Gasteiger partial charge is 0.214 e. The number of rotatable bonds is 4. The second-order valence-electron chi connectivity index (χ2n) is 5.96. The van der Waals surface area contributed by atoms with Crippen molar-refractivity contribution in [3.05, 3.63) is 17.8 Å². The Kier molecular flexibility index (Phi) is 3.54. The molecule has 22 heavy (non-hydrogen) atoms. The Balaban J connectivity index is 1.44. The van der Waals surface area contributed by atoms with Gasteiger partial charge in [-0.15, -0.1) is 11.3 Å². The highest BCUT2D eigenvalue weighted by Crippen LogP contribution is 2.31. The minimum Gasteiger partial charge on any atom is -0.355 e. The third-order valence-corrected chi connectivity index (χ3v) is 7.22. The molecule has 3 heterocycles. The van der Waals surface area contributed by atoms with Crippen LogP contribution in [0.25, 0.3) is 10.2 Å². The molecule has 0 amide bonds. The van der Waals surface area contributed by atoms with Gasteiger partial charge in [0.1, 0.15) is 12.1 Å². The molecule has 0 unspecified atom stereocenters. The molecule has 0 atom stereocenters. The zero-order valence-electron chi connectivity index (χ0n) is 12.1. The molecule has 1 saturated heterocycles. The van der Waals surface area contributed by atoms with Gasteiger partial charge in [0.15, 0.2) is 0 Å². The average molecular weight is 338 g/mol. The molecular formula is C14H18N4O2S2. The monoisotopic (exact) mass is 338 g/mol. The van der Waals surface area contributed by atoms with Crippen molar-refractivity contribution in [2.45, 2.75) is 37.0 Å². The minimum absolute atomic E-state index is 0.0579. The summed E-state index contributed by atoms with van der Waals surface area (Å²) in [6.07, 6.45) is 4.87. The first-order chi connectivity index (χ1) is 10.6. The predicted octanol–water partition coefficient (Wildman–Crippen LogP) is 1.74. The maximum atomic E-state index is 12.0. The summed E-state index contributed by atoms with van der Waals surface area (Å²) in [6.45, 7) is 1.64. The number of nitrogens with zero attached hydrogens (tertiary/aromatic N) is 3. The molecule has 1 N–H and O–H groups in total. The summed E-state index contributed by atoms with van der Waals surface area (Å²) < 4.78 is 28.0. The molecule has 1 saturated carbocycles. The standard InChI is InChI=1S/C14H18N4O2S2/c19-22(20,11-1-2-11)17-10-3-6-18(7-4-10)14-13-12(5-8-21-13)15-9-16-14/h5,8-11,17H,1-4,6-7H2. The lowest BCUT2D eigenvalue weighted by molar-refractivity contribution is 0.458. The van der Waals surface area contributed by atoms with Crippen molar-refractivity contribution in [1.82, 2.24) is 14.7 Å². The van der Waals surface area contributed by atoms with Gasteiger partial charge in [-0.3, -0.25) is 0 Å². The van der Waals surface area contributed by atoms with Gasteiger partial charge in [0.05, 0.1) is 15.5 Å². The van der Waals surface area contributed by atoms with Crippen molar-refractivity contribution >= 4 is 37.4 Å². The molecule has 0 aromatic carbocycles. The molecular weight excluding hydrogens is 320 g/mol. The van der Waals surface area contributed by atoms with E-state index in [-0.39, 0.29) is 11.3 Å². The van der Waals surface area contributed by atoms with E-state index in [2.05, 4.69) is 19.6 Å². The second-order valence-corrected chi connectivity index (χ2v) is 8.86. The fourth-order valence-corrected chi connectivity index (χ4v) is 5.43. The molecule has 2 aliphatic rings. The Bertz CT molecular complexity index is 777. The fourth-order valence-electron chi connectivity index (χ4n) is 2.92. The normalized spacial score (nSPS) is 20.6. The maximum Gasteiger partial charge on any atom is 0.214 e. The fraction of sp³-hybridized carbons (Fsp3) is 0.571. The van der Waals surface area contributed by atoms with E-state index in [4.69, 9.17) is 0 Å². The lowest BCUT2D eigenvalue weighted by Crippen LogP contribution is -2.45. The van der Waals surface area contributed by atoms with E-state index in [9.17, 15) is 8.42 Å². The van der Waals surface area contributed by atoms with Crippen LogP contribution in [-0.2, 0) is 10.0 Å². The van der Waals surface area contributed by atoms with Gasteiger partial charge in [0.2, 0.25) is 10.0 Å². The van der Waals surface area contributed by atoms with E-state index in [1.807, 2.05) is 11.4 Å². The van der Waals surface area contributed by atoms with Gasteiger partial charge in [-0.05, 0) is 37.1 Å². The first-order valence-electron chi connectivity index (χ1n) is 7.58. The first-order valence-corrected chi connectivity index (χ1v) is 10.0. The Hall–Kier alpha value is -1.25. The largest absolute Gasteiger partial charge is 0.355 e. The molecule has 0 radical (unpaired) electrons. The molecule has 6 nitrogen and oxygen atoms in total. The molecule has 1 aliphatic heterocycles. The van der Waals surface area contributed by atoms with Gasteiger partial charge >= 0.3 is 0 Å². The van der Waals surface area contributed by atoms with Gasteiger partial charge < -0.3 is 4.90 Å². The van der Waals surface area contributed by atoms with E-state index in [1.54, 1.807) is 17.7 Å². The zero-order chi connectivity index (χ0) is 15.2. The van der Waals surface area contributed by atoms with Gasteiger partial charge in [-0.1, -0.05) is 0 Å². The van der Waals surface area contributed by atoms with Crippen LogP contribution in [0.15, 0.2) is 17.8 Å². The van der Waals surface area contributed by atoms with Gasteiger partial charge in [-0.25, -0.2) is 23.1 Å². The van der Waals surface area contributed by atoms with Gasteiger partial charge in [0, 0.05) is 19.1 Å². The summed E-state index contributed by atoms with van der Waals surface area (Å²) in [5.41, 5.74) is 0.978. The van der Waals surface area contributed by atoms with E-state index in [0.29, 0.717) is 0 Å². The number of nitrogens with one attached hydrogen (secondary N) is 1. The van der Waals surface area contributed by atoms with Crippen LogP contribution in [0.1, 0.15) is 25.7 Å². The molecule has 8 heteroatoms. The second kappa shape index (κ2) is 5.43. The lowest BCUT2D eigenvalue weighted by Gasteiger charge is -2.33. The van der Waals surface area contributed by atoms with E-state index >= 15 is 0 Å². The Morgan fingerprint density at radius 3 is 2.68 bits per heavy atom. The number of hydrogen-bond acceptors (Lipinski definition) is 6.